The zero-order valence-corrected chi connectivity index (χ0v) is 19.1. The number of benzene rings is 3. The van der Waals surface area contributed by atoms with Gasteiger partial charge >= 0.3 is 0 Å². The van der Waals surface area contributed by atoms with E-state index in [1.807, 2.05) is 24.3 Å². The van der Waals surface area contributed by atoms with Crippen molar-refractivity contribution in [2.24, 2.45) is 5.92 Å². The van der Waals surface area contributed by atoms with Gasteiger partial charge in [-0.25, -0.2) is 18.7 Å². The van der Waals surface area contributed by atoms with E-state index in [4.69, 9.17) is 15.0 Å². The number of nitrogens with zero attached hydrogens (tertiary/aromatic N) is 3. The Labute approximate surface area is 201 Å². The van der Waals surface area contributed by atoms with Crippen molar-refractivity contribution in [3.8, 4) is 34.2 Å². The predicted molar refractivity (Wildman–Crippen MR) is 131 cm³/mol. The Morgan fingerprint density at radius 2 is 1.80 bits per heavy atom. The topological polar surface area (TPSA) is 82.9 Å². The third kappa shape index (κ3) is 4.63. The summed E-state index contributed by atoms with van der Waals surface area (Å²) < 4.78 is 33.9. The van der Waals surface area contributed by atoms with Gasteiger partial charge in [-0.2, -0.15) is 5.26 Å². The Morgan fingerprint density at radius 1 is 1.03 bits per heavy atom. The van der Waals surface area contributed by atoms with Crippen LogP contribution in [0.3, 0.4) is 0 Å². The number of halogens is 2. The molecular formula is C27H23F2N5O. The molecule has 6 nitrogen and oxygen atoms in total. The predicted octanol–water partition coefficient (Wildman–Crippen LogP) is 5.14. The molecule has 3 aromatic carbocycles. The first-order valence-corrected chi connectivity index (χ1v) is 11.4. The van der Waals surface area contributed by atoms with Crippen molar-refractivity contribution in [2.75, 3.05) is 32.1 Å². The molecule has 0 amide bonds. The van der Waals surface area contributed by atoms with E-state index in [0.29, 0.717) is 39.6 Å². The van der Waals surface area contributed by atoms with E-state index in [0.717, 1.165) is 31.6 Å². The average molecular weight is 472 g/mol. The Morgan fingerprint density at radius 3 is 2.51 bits per heavy atom. The number of hydrogen-bond acceptors (Lipinski definition) is 6. The van der Waals surface area contributed by atoms with Gasteiger partial charge in [-0.3, -0.25) is 0 Å². The number of anilines is 1. The Bertz CT molecular complexity index is 1440. The summed E-state index contributed by atoms with van der Waals surface area (Å²) in [5, 5.41) is 16.5. The lowest BCUT2D eigenvalue weighted by Crippen LogP contribution is -2.18. The number of nitriles is 1. The van der Waals surface area contributed by atoms with Crippen molar-refractivity contribution >= 4 is 16.9 Å². The number of ether oxygens (including phenoxy) is 1. The van der Waals surface area contributed by atoms with Crippen LogP contribution in [-0.4, -0.2) is 36.7 Å². The van der Waals surface area contributed by atoms with Crippen molar-refractivity contribution in [3.63, 3.8) is 0 Å². The fourth-order valence-electron chi connectivity index (χ4n) is 4.33. The van der Waals surface area contributed by atoms with E-state index in [-0.39, 0.29) is 11.3 Å². The fourth-order valence-corrected chi connectivity index (χ4v) is 4.33. The van der Waals surface area contributed by atoms with Gasteiger partial charge in [0, 0.05) is 17.5 Å². The van der Waals surface area contributed by atoms with E-state index < -0.39 is 11.6 Å². The average Bonchev–Trinajstić information content (AvgIpc) is 3.40. The van der Waals surface area contributed by atoms with Crippen LogP contribution in [0.4, 0.5) is 14.7 Å². The third-order valence-electron chi connectivity index (χ3n) is 6.26. The van der Waals surface area contributed by atoms with Crippen LogP contribution in [0.15, 0.2) is 54.6 Å². The quantitative estimate of drug-likeness (QED) is 0.405. The molecule has 176 valence electrons. The molecule has 1 aliphatic rings. The van der Waals surface area contributed by atoms with Gasteiger partial charge in [-0.15, -0.1) is 0 Å². The molecule has 0 radical (unpaired) electrons. The molecule has 5 rings (SSSR count). The monoisotopic (exact) mass is 471 g/mol. The number of nitrogens with one attached hydrogen (secondary N) is 2. The summed E-state index contributed by atoms with van der Waals surface area (Å²) in [5.41, 5.74) is 3.12. The summed E-state index contributed by atoms with van der Waals surface area (Å²) in [6.07, 6.45) is 1.08. The molecule has 1 fully saturated rings. The van der Waals surface area contributed by atoms with Crippen molar-refractivity contribution in [1.29, 1.82) is 5.26 Å². The van der Waals surface area contributed by atoms with Crippen molar-refractivity contribution in [2.45, 2.75) is 6.42 Å². The molecule has 1 aliphatic heterocycles. The Kier molecular flexibility index (Phi) is 6.25. The van der Waals surface area contributed by atoms with Gasteiger partial charge in [0.15, 0.2) is 11.6 Å². The molecule has 0 bridgehead atoms. The van der Waals surface area contributed by atoms with E-state index in [1.165, 1.54) is 25.3 Å². The number of fused-ring (bicyclic) bond motifs is 1. The zero-order valence-electron chi connectivity index (χ0n) is 19.1. The Hall–Kier alpha value is -4.09. The summed E-state index contributed by atoms with van der Waals surface area (Å²) in [5.74, 6) is 0.0259. The van der Waals surface area contributed by atoms with Crippen molar-refractivity contribution < 1.29 is 13.5 Å². The van der Waals surface area contributed by atoms with E-state index in [9.17, 15) is 8.78 Å². The maximum Gasteiger partial charge on any atom is 0.223 e. The minimum absolute atomic E-state index is 0.0337. The molecule has 2 N–H and O–H groups in total. The molecule has 4 aromatic rings. The smallest absolute Gasteiger partial charge is 0.223 e. The van der Waals surface area contributed by atoms with Crippen LogP contribution >= 0.6 is 0 Å². The molecule has 2 heterocycles. The van der Waals surface area contributed by atoms with Gasteiger partial charge in [0.1, 0.15) is 11.9 Å². The maximum absolute atomic E-state index is 14.5. The first kappa shape index (κ1) is 22.7. The molecule has 1 saturated heterocycles. The normalized spacial score (nSPS) is 15.2. The molecule has 1 aromatic heterocycles. The molecule has 0 spiro atoms. The summed E-state index contributed by atoms with van der Waals surface area (Å²) in [7, 11) is 1.42. The highest BCUT2D eigenvalue weighted by molar-refractivity contribution is 5.96. The maximum atomic E-state index is 14.5. The lowest BCUT2D eigenvalue weighted by molar-refractivity contribution is 0.386. The van der Waals surface area contributed by atoms with E-state index in [1.54, 1.807) is 18.2 Å². The minimum Gasteiger partial charge on any atom is -0.494 e. The van der Waals surface area contributed by atoms with Crippen LogP contribution in [-0.2, 0) is 0 Å². The number of hydrogen-bond donors (Lipinski definition) is 2. The number of methoxy groups -OCH3 is 1. The van der Waals surface area contributed by atoms with Gasteiger partial charge in [0.05, 0.1) is 23.9 Å². The highest BCUT2D eigenvalue weighted by Gasteiger charge is 2.17. The second-order valence-corrected chi connectivity index (χ2v) is 8.52. The highest BCUT2D eigenvalue weighted by atomic mass is 19.1. The van der Waals surface area contributed by atoms with E-state index in [2.05, 4.69) is 15.6 Å². The van der Waals surface area contributed by atoms with Crippen LogP contribution in [0.25, 0.3) is 33.3 Å². The summed E-state index contributed by atoms with van der Waals surface area (Å²) in [4.78, 5) is 9.40. The molecule has 35 heavy (non-hydrogen) atoms. The molecule has 1 unspecified atom stereocenters. The molecule has 0 saturated carbocycles. The van der Waals surface area contributed by atoms with Gasteiger partial charge in [0.25, 0.3) is 0 Å². The van der Waals surface area contributed by atoms with Crippen LogP contribution in [0.2, 0.25) is 0 Å². The zero-order chi connectivity index (χ0) is 24.4. The van der Waals surface area contributed by atoms with Gasteiger partial charge < -0.3 is 15.4 Å². The largest absolute Gasteiger partial charge is 0.494 e. The lowest BCUT2D eigenvalue weighted by atomic mass is 9.99. The standard InChI is InChI=1S/C27H23F2N5O/c1-35-25-7-5-18(11-23(25)29)17-4-6-24-21(10-17)26(19-2-3-20(13-30)22(28)12-19)34-27(33-24)32-15-16-8-9-31-14-16/h2-7,10-12,16,31H,8-9,14-15H2,1H3,(H,32,33,34). The lowest BCUT2D eigenvalue weighted by Gasteiger charge is -2.14. The SMILES string of the molecule is COc1ccc(-c2ccc3nc(NCC4CCNC4)nc(-c4ccc(C#N)c(F)c4)c3c2)cc1F. The second kappa shape index (κ2) is 9.65. The number of rotatable bonds is 6. The summed E-state index contributed by atoms with van der Waals surface area (Å²) >= 11 is 0. The second-order valence-electron chi connectivity index (χ2n) is 8.52. The van der Waals surface area contributed by atoms with Crippen LogP contribution in [0.5, 0.6) is 5.75 Å². The van der Waals surface area contributed by atoms with E-state index >= 15 is 0 Å². The van der Waals surface area contributed by atoms with Crippen molar-refractivity contribution in [3.05, 3.63) is 71.8 Å². The van der Waals surface area contributed by atoms with Crippen LogP contribution in [0, 0.1) is 28.9 Å². The minimum atomic E-state index is -0.614. The van der Waals surface area contributed by atoms with Crippen LogP contribution in [0.1, 0.15) is 12.0 Å². The number of aromatic nitrogens is 2. The highest BCUT2D eigenvalue weighted by Crippen LogP contribution is 2.33. The van der Waals surface area contributed by atoms with Crippen molar-refractivity contribution in [1.82, 2.24) is 15.3 Å². The first-order valence-electron chi connectivity index (χ1n) is 11.4. The summed E-state index contributed by atoms with van der Waals surface area (Å²) in [6.45, 7) is 2.66. The molecular weight excluding hydrogens is 448 g/mol. The summed E-state index contributed by atoms with van der Waals surface area (Å²) in [6, 6.07) is 16.6. The Balaban J connectivity index is 1.61. The molecule has 0 aliphatic carbocycles. The third-order valence-corrected chi connectivity index (χ3v) is 6.26. The van der Waals surface area contributed by atoms with Crippen LogP contribution < -0.4 is 15.4 Å². The molecule has 8 heteroatoms. The van der Waals surface area contributed by atoms with Gasteiger partial charge in [0.2, 0.25) is 5.95 Å². The molecule has 1 atom stereocenters. The van der Waals surface area contributed by atoms with Gasteiger partial charge in [-0.1, -0.05) is 18.2 Å². The first-order chi connectivity index (χ1) is 17.1. The van der Waals surface area contributed by atoms with Gasteiger partial charge in [-0.05, 0) is 73.0 Å². The fraction of sp³-hybridized carbons (Fsp3) is 0.222.